The molecule has 0 aliphatic carbocycles. The molecule has 0 fully saturated rings. The van der Waals surface area contributed by atoms with Crippen molar-refractivity contribution in [2.24, 2.45) is 0 Å². The van der Waals surface area contributed by atoms with Crippen molar-refractivity contribution in [2.75, 3.05) is 0 Å². The fraction of sp³-hybridized carbons (Fsp3) is 0.233. The third-order valence-corrected chi connectivity index (χ3v) is 5.32. The summed E-state index contributed by atoms with van der Waals surface area (Å²) in [5.74, 6) is 0.0544. The Labute approximate surface area is 204 Å². The van der Waals surface area contributed by atoms with E-state index in [0.717, 1.165) is 11.1 Å². The van der Waals surface area contributed by atoms with Crippen molar-refractivity contribution in [3.8, 4) is 11.5 Å². The molecule has 34 heavy (non-hydrogen) atoms. The topological polar surface area (TPSA) is 60.8 Å². The Hall–Kier alpha value is -3.79. The SMILES string of the molecule is C=CC1=C(C=C)C(c2ccc(O)cc2)(c2ccc(O)cc2)N(C(/C=C\C)=C/C)C1=O.CC.CC. The summed E-state index contributed by atoms with van der Waals surface area (Å²) in [5, 5.41) is 19.8. The quantitative estimate of drug-likeness (QED) is 0.443. The van der Waals surface area contributed by atoms with Crippen LogP contribution >= 0.6 is 0 Å². The molecule has 1 aliphatic rings. The molecule has 0 saturated carbocycles. The van der Waals surface area contributed by atoms with E-state index >= 15 is 0 Å². The van der Waals surface area contributed by atoms with Gasteiger partial charge in [0.15, 0.2) is 0 Å². The normalized spacial score (nSPS) is 14.8. The van der Waals surface area contributed by atoms with Crippen LogP contribution < -0.4 is 0 Å². The molecule has 2 aromatic carbocycles. The maximum absolute atomic E-state index is 13.7. The first-order chi connectivity index (χ1) is 16.4. The van der Waals surface area contributed by atoms with Gasteiger partial charge in [0.25, 0.3) is 5.91 Å². The van der Waals surface area contributed by atoms with Crippen LogP contribution in [-0.2, 0) is 10.3 Å². The number of allylic oxidation sites excluding steroid dienone is 3. The van der Waals surface area contributed by atoms with Gasteiger partial charge in [-0.05, 0) is 60.9 Å². The minimum atomic E-state index is -1.05. The maximum Gasteiger partial charge on any atom is 0.259 e. The molecule has 0 atom stereocenters. The van der Waals surface area contributed by atoms with Gasteiger partial charge in [-0.2, -0.15) is 0 Å². The smallest absolute Gasteiger partial charge is 0.259 e. The molecular weight excluding hydrogens is 422 g/mol. The van der Waals surface area contributed by atoms with Gasteiger partial charge < -0.3 is 10.2 Å². The van der Waals surface area contributed by atoms with Gasteiger partial charge in [0.2, 0.25) is 0 Å². The first kappa shape index (κ1) is 28.2. The van der Waals surface area contributed by atoms with Crippen LogP contribution in [0, 0.1) is 0 Å². The third kappa shape index (κ3) is 4.91. The minimum Gasteiger partial charge on any atom is -0.508 e. The van der Waals surface area contributed by atoms with Crippen LogP contribution in [0.2, 0.25) is 0 Å². The van der Waals surface area contributed by atoms with Crippen molar-refractivity contribution in [1.82, 2.24) is 4.90 Å². The molecule has 0 spiro atoms. The van der Waals surface area contributed by atoms with Crippen molar-refractivity contribution in [3.63, 3.8) is 0 Å². The van der Waals surface area contributed by atoms with Crippen molar-refractivity contribution >= 4 is 5.91 Å². The summed E-state index contributed by atoms with van der Waals surface area (Å²) >= 11 is 0. The molecule has 0 radical (unpaired) electrons. The number of hydrogen-bond acceptors (Lipinski definition) is 3. The Bertz CT molecular complexity index is 1030. The van der Waals surface area contributed by atoms with Crippen LogP contribution in [-0.4, -0.2) is 21.0 Å². The Kier molecular flexibility index (Phi) is 10.8. The lowest BCUT2D eigenvalue weighted by Crippen LogP contribution is -2.45. The highest BCUT2D eigenvalue weighted by Gasteiger charge is 2.53. The standard InChI is InChI=1S/C26H25NO3.2C2H6/c1-5-9-20(6-2)27-25(30)23(7-3)24(8-4)26(27,18-10-14-21(28)15-11-18)19-12-16-22(29)17-13-19;2*1-2/h5-17,28-29H,3-4H2,1-2H3;2*1-2H3/b9-5-,20-6+;;. The predicted octanol–water partition coefficient (Wildman–Crippen LogP) is 7.38. The molecule has 1 amide bonds. The molecule has 0 unspecified atom stereocenters. The summed E-state index contributed by atoms with van der Waals surface area (Å²) in [6, 6.07) is 13.6. The molecule has 0 bridgehead atoms. The van der Waals surface area contributed by atoms with E-state index in [1.807, 2.05) is 59.8 Å². The lowest BCUT2D eigenvalue weighted by molar-refractivity contribution is -0.126. The first-order valence-corrected chi connectivity index (χ1v) is 11.7. The molecule has 1 aliphatic heterocycles. The summed E-state index contributed by atoms with van der Waals surface area (Å²) in [5.41, 5.74) is 2.34. The van der Waals surface area contributed by atoms with Gasteiger partial charge in [0.1, 0.15) is 17.0 Å². The number of amides is 1. The zero-order chi connectivity index (χ0) is 25.9. The summed E-state index contributed by atoms with van der Waals surface area (Å²) in [6.45, 7) is 19.6. The molecule has 4 heteroatoms. The molecule has 2 N–H and O–H groups in total. The number of aromatic hydroxyl groups is 2. The van der Waals surface area contributed by atoms with Crippen molar-refractivity contribution in [2.45, 2.75) is 47.1 Å². The molecule has 0 aromatic heterocycles. The molecular formula is C30H37NO3. The number of carbonyl (C=O) groups is 1. The number of hydrogen-bond donors (Lipinski definition) is 2. The number of nitrogens with zero attached hydrogens (tertiary/aromatic N) is 1. The average Bonchev–Trinajstić information content (AvgIpc) is 3.13. The van der Waals surface area contributed by atoms with Gasteiger partial charge >= 0.3 is 0 Å². The molecule has 4 nitrogen and oxygen atoms in total. The van der Waals surface area contributed by atoms with Crippen LogP contribution in [0.25, 0.3) is 0 Å². The Morgan fingerprint density at radius 1 is 0.824 bits per heavy atom. The molecule has 2 aromatic rings. The van der Waals surface area contributed by atoms with E-state index in [2.05, 4.69) is 13.2 Å². The van der Waals surface area contributed by atoms with Gasteiger partial charge in [-0.3, -0.25) is 9.69 Å². The molecule has 1 heterocycles. The Balaban J connectivity index is 0.00000137. The second-order valence-electron chi connectivity index (χ2n) is 6.89. The fourth-order valence-corrected chi connectivity index (χ4v) is 4.08. The first-order valence-electron chi connectivity index (χ1n) is 11.7. The predicted molar refractivity (Wildman–Crippen MR) is 143 cm³/mol. The number of rotatable bonds is 6. The maximum atomic E-state index is 13.7. The van der Waals surface area contributed by atoms with E-state index in [1.54, 1.807) is 65.6 Å². The van der Waals surface area contributed by atoms with E-state index in [-0.39, 0.29) is 17.4 Å². The van der Waals surface area contributed by atoms with E-state index in [1.165, 1.54) is 0 Å². The lowest BCUT2D eigenvalue weighted by atomic mass is 9.76. The largest absolute Gasteiger partial charge is 0.508 e. The van der Waals surface area contributed by atoms with Gasteiger partial charge in [0.05, 0.1) is 0 Å². The molecule has 180 valence electrons. The fourth-order valence-electron chi connectivity index (χ4n) is 4.08. The van der Waals surface area contributed by atoms with E-state index in [9.17, 15) is 15.0 Å². The van der Waals surface area contributed by atoms with E-state index < -0.39 is 5.54 Å². The molecule has 0 saturated heterocycles. The van der Waals surface area contributed by atoms with Crippen LogP contribution in [0.4, 0.5) is 0 Å². The zero-order valence-electron chi connectivity index (χ0n) is 21.2. The summed E-state index contributed by atoms with van der Waals surface area (Å²) < 4.78 is 0. The second-order valence-corrected chi connectivity index (χ2v) is 6.89. The molecule has 3 rings (SSSR count). The second kappa shape index (κ2) is 13.0. The highest BCUT2D eigenvalue weighted by molar-refractivity contribution is 6.04. The van der Waals surface area contributed by atoms with Crippen molar-refractivity contribution in [3.05, 3.63) is 120 Å². The van der Waals surface area contributed by atoms with Crippen LogP contribution in [0.1, 0.15) is 52.7 Å². The lowest BCUT2D eigenvalue weighted by Gasteiger charge is -2.42. The van der Waals surface area contributed by atoms with Crippen molar-refractivity contribution in [1.29, 1.82) is 0 Å². The van der Waals surface area contributed by atoms with Crippen LogP contribution in [0.15, 0.2) is 109 Å². The average molecular weight is 460 g/mol. The van der Waals surface area contributed by atoms with Crippen molar-refractivity contribution < 1.29 is 15.0 Å². The number of phenolic OH excluding ortho intramolecular Hbond substituents is 2. The van der Waals surface area contributed by atoms with Gasteiger partial charge in [0, 0.05) is 11.3 Å². The van der Waals surface area contributed by atoms with Gasteiger partial charge in [-0.15, -0.1) is 0 Å². The van der Waals surface area contributed by atoms with Crippen LogP contribution in [0.3, 0.4) is 0 Å². The highest BCUT2D eigenvalue weighted by Crippen LogP contribution is 2.51. The number of benzene rings is 2. The zero-order valence-corrected chi connectivity index (χ0v) is 21.2. The Morgan fingerprint density at radius 2 is 1.26 bits per heavy atom. The summed E-state index contributed by atoms with van der Waals surface area (Å²) in [6.07, 6.45) is 8.86. The summed E-state index contributed by atoms with van der Waals surface area (Å²) in [4.78, 5) is 15.4. The van der Waals surface area contributed by atoms with E-state index in [0.29, 0.717) is 16.8 Å². The number of carbonyl (C=O) groups excluding carboxylic acids is 1. The minimum absolute atomic E-state index is 0.128. The van der Waals surface area contributed by atoms with Gasteiger partial charge in [-0.1, -0.05) is 89.4 Å². The summed E-state index contributed by atoms with van der Waals surface area (Å²) in [7, 11) is 0. The third-order valence-electron chi connectivity index (χ3n) is 5.32. The Morgan fingerprint density at radius 3 is 1.59 bits per heavy atom. The van der Waals surface area contributed by atoms with E-state index in [4.69, 9.17) is 0 Å². The van der Waals surface area contributed by atoms with Crippen LogP contribution in [0.5, 0.6) is 11.5 Å². The highest BCUT2D eigenvalue weighted by atomic mass is 16.3. The monoisotopic (exact) mass is 459 g/mol. The number of phenols is 2. The van der Waals surface area contributed by atoms with Gasteiger partial charge in [-0.25, -0.2) is 0 Å².